The molecule has 0 saturated heterocycles. The fraction of sp³-hybridized carbons (Fsp3) is 0.851. The predicted octanol–water partition coefficient (Wildman–Crippen LogP) is 24.5. The first kappa shape index (κ1) is 77.4. The summed E-state index contributed by atoms with van der Waals surface area (Å²) in [6.45, 7) is 6.67. The molecular formula is C74H136O6. The first-order chi connectivity index (χ1) is 39.5. The third kappa shape index (κ3) is 66.2. The molecule has 0 bridgehead atoms. The second-order valence-corrected chi connectivity index (χ2v) is 24.1. The highest BCUT2D eigenvalue weighted by Crippen LogP contribution is 2.18. The van der Waals surface area contributed by atoms with E-state index < -0.39 is 6.10 Å². The zero-order valence-electron chi connectivity index (χ0n) is 53.9. The van der Waals surface area contributed by atoms with Crippen molar-refractivity contribution < 1.29 is 28.6 Å². The van der Waals surface area contributed by atoms with E-state index in [1.54, 1.807) is 0 Å². The van der Waals surface area contributed by atoms with Crippen LogP contribution in [0, 0.1) is 0 Å². The molecule has 0 spiro atoms. The van der Waals surface area contributed by atoms with Gasteiger partial charge in [0.15, 0.2) is 6.10 Å². The average Bonchev–Trinajstić information content (AvgIpc) is 3.46. The van der Waals surface area contributed by atoms with Gasteiger partial charge in [0.25, 0.3) is 0 Å². The maximum absolute atomic E-state index is 13.0. The van der Waals surface area contributed by atoms with Crippen LogP contribution < -0.4 is 0 Å². The Morgan fingerprint density at radius 3 is 0.700 bits per heavy atom. The Balaban J connectivity index is 4.30. The van der Waals surface area contributed by atoms with E-state index in [-0.39, 0.29) is 31.1 Å². The zero-order valence-corrected chi connectivity index (χ0v) is 53.9. The van der Waals surface area contributed by atoms with E-state index in [9.17, 15) is 14.4 Å². The lowest BCUT2D eigenvalue weighted by Crippen LogP contribution is -2.30. The third-order valence-corrected chi connectivity index (χ3v) is 16.1. The highest BCUT2D eigenvalue weighted by Gasteiger charge is 2.19. The summed E-state index contributed by atoms with van der Waals surface area (Å²) in [5.41, 5.74) is 0. The molecule has 80 heavy (non-hydrogen) atoms. The van der Waals surface area contributed by atoms with Crippen molar-refractivity contribution in [3.05, 3.63) is 48.6 Å². The van der Waals surface area contributed by atoms with Gasteiger partial charge in [0, 0.05) is 19.3 Å². The first-order valence-corrected chi connectivity index (χ1v) is 35.6. The Kier molecular flexibility index (Phi) is 66.6. The molecule has 6 heteroatoms. The second kappa shape index (κ2) is 68.9. The van der Waals surface area contributed by atoms with E-state index in [1.165, 1.54) is 263 Å². The van der Waals surface area contributed by atoms with Gasteiger partial charge in [0.2, 0.25) is 0 Å². The lowest BCUT2D eigenvalue weighted by atomic mass is 10.0. The quantitative estimate of drug-likeness (QED) is 0.0261. The molecule has 1 atom stereocenters. The highest BCUT2D eigenvalue weighted by molar-refractivity contribution is 5.71. The molecular weight excluding hydrogens is 985 g/mol. The van der Waals surface area contributed by atoms with Crippen LogP contribution in [0.4, 0.5) is 0 Å². The molecule has 0 aromatic heterocycles. The van der Waals surface area contributed by atoms with Crippen molar-refractivity contribution in [2.45, 2.75) is 393 Å². The van der Waals surface area contributed by atoms with Crippen molar-refractivity contribution in [3.63, 3.8) is 0 Å². The smallest absolute Gasteiger partial charge is 0.306 e. The Morgan fingerprint density at radius 1 is 0.250 bits per heavy atom. The molecule has 0 heterocycles. The van der Waals surface area contributed by atoms with E-state index in [4.69, 9.17) is 14.2 Å². The largest absolute Gasteiger partial charge is 0.462 e. The molecule has 0 N–H and O–H groups in total. The van der Waals surface area contributed by atoms with Gasteiger partial charge in [0.1, 0.15) is 13.2 Å². The fourth-order valence-corrected chi connectivity index (χ4v) is 10.7. The zero-order chi connectivity index (χ0) is 57.8. The van der Waals surface area contributed by atoms with Gasteiger partial charge in [-0.3, -0.25) is 14.4 Å². The number of hydrogen-bond acceptors (Lipinski definition) is 6. The van der Waals surface area contributed by atoms with Crippen LogP contribution in [0.5, 0.6) is 0 Å². The highest BCUT2D eigenvalue weighted by atomic mass is 16.6. The number of hydrogen-bond donors (Lipinski definition) is 0. The van der Waals surface area contributed by atoms with Crippen molar-refractivity contribution >= 4 is 17.9 Å². The summed E-state index contributed by atoms with van der Waals surface area (Å²) in [5.74, 6) is -0.861. The van der Waals surface area contributed by atoms with Crippen molar-refractivity contribution in [2.24, 2.45) is 0 Å². The van der Waals surface area contributed by atoms with E-state index >= 15 is 0 Å². The average molecular weight is 1120 g/mol. The van der Waals surface area contributed by atoms with Gasteiger partial charge in [-0.2, -0.15) is 0 Å². The SMILES string of the molecule is CCCCCC/C=C\C/C=C\CCCCCCCC(=O)OCC(COC(=O)CCCCCCCCCCCCCCC/C=C\C/C=C\CCCCCCC)OC(=O)CCCCCCCCCCCCCCCCCCCCCCC. The minimum absolute atomic E-state index is 0.0737. The normalized spacial score (nSPS) is 12.3. The predicted molar refractivity (Wildman–Crippen MR) is 349 cm³/mol. The first-order valence-electron chi connectivity index (χ1n) is 35.6. The standard InChI is InChI=1S/C74H136O6/c1-4-7-10-13-16-19-22-25-28-31-33-35-36-37-38-40-41-43-46-49-52-55-58-61-64-67-73(76)79-70-71(69-78-72(75)66-63-60-57-54-51-48-45-30-27-24-21-18-15-12-9-6-3)80-74(77)68-65-62-59-56-53-50-47-44-42-39-34-32-29-26-23-20-17-14-11-8-5-2/h21-22,24-25,30-31,33,45,71H,4-20,23,26-29,32,34-44,46-70H2,1-3H3/b24-21-,25-22-,33-31-,45-30-. The molecule has 468 valence electrons. The monoisotopic (exact) mass is 1120 g/mol. The third-order valence-electron chi connectivity index (χ3n) is 16.1. The summed E-state index contributed by atoms with van der Waals surface area (Å²) in [7, 11) is 0. The van der Waals surface area contributed by atoms with Gasteiger partial charge in [-0.25, -0.2) is 0 Å². The van der Waals surface area contributed by atoms with Crippen molar-refractivity contribution in [3.8, 4) is 0 Å². The molecule has 0 aliphatic rings. The number of allylic oxidation sites excluding steroid dienone is 8. The van der Waals surface area contributed by atoms with E-state index in [0.717, 1.165) is 83.5 Å². The molecule has 0 aromatic carbocycles. The molecule has 6 nitrogen and oxygen atoms in total. The van der Waals surface area contributed by atoms with Crippen molar-refractivity contribution in [2.75, 3.05) is 13.2 Å². The van der Waals surface area contributed by atoms with Crippen LogP contribution in [0.15, 0.2) is 48.6 Å². The Hall–Kier alpha value is -2.63. The van der Waals surface area contributed by atoms with Gasteiger partial charge < -0.3 is 14.2 Å². The maximum Gasteiger partial charge on any atom is 0.306 e. The van der Waals surface area contributed by atoms with Gasteiger partial charge in [-0.1, -0.05) is 333 Å². The maximum atomic E-state index is 13.0. The number of carbonyl (C=O) groups is 3. The molecule has 0 fully saturated rings. The number of unbranched alkanes of at least 4 members (excludes halogenated alkanes) is 47. The van der Waals surface area contributed by atoms with Crippen molar-refractivity contribution in [1.29, 1.82) is 0 Å². The molecule has 0 radical (unpaired) electrons. The molecule has 0 rings (SSSR count). The topological polar surface area (TPSA) is 78.9 Å². The molecule has 0 aliphatic carbocycles. The summed E-state index contributed by atoms with van der Waals surface area (Å²) in [6.07, 6.45) is 87.1. The van der Waals surface area contributed by atoms with Gasteiger partial charge in [-0.15, -0.1) is 0 Å². The van der Waals surface area contributed by atoms with Crippen LogP contribution in [0.1, 0.15) is 387 Å². The Labute approximate surface area is 498 Å². The summed E-state index contributed by atoms with van der Waals surface area (Å²) < 4.78 is 17.0. The van der Waals surface area contributed by atoms with Crippen LogP contribution in [-0.2, 0) is 28.6 Å². The van der Waals surface area contributed by atoms with E-state index in [2.05, 4.69) is 69.4 Å². The van der Waals surface area contributed by atoms with Crippen LogP contribution >= 0.6 is 0 Å². The van der Waals surface area contributed by atoms with Crippen LogP contribution in [0.25, 0.3) is 0 Å². The number of carbonyl (C=O) groups excluding carboxylic acids is 3. The van der Waals surface area contributed by atoms with Crippen molar-refractivity contribution in [1.82, 2.24) is 0 Å². The van der Waals surface area contributed by atoms with E-state index in [0.29, 0.717) is 19.3 Å². The van der Waals surface area contributed by atoms with Crippen LogP contribution in [0.3, 0.4) is 0 Å². The molecule has 0 aromatic rings. The number of ether oxygens (including phenoxy) is 3. The molecule has 0 saturated carbocycles. The number of rotatable bonds is 66. The second-order valence-electron chi connectivity index (χ2n) is 24.1. The molecule has 1 unspecified atom stereocenters. The van der Waals surface area contributed by atoms with Gasteiger partial charge in [-0.05, 0) is 83.5 Å². The Morgan fingerprint density at radius 2 is 0.450 bits per heavy atom. The summed E-state index contributed by atoms with van der Waals surface area (Å²) in [4.78, 5) is 38.5. The minimum atomic E-state index is -0.779. The van der Waals surface area contributed by atoms with Gasteiger partial charge in [0.05, 0.1) is 0 Å². The van der Waals surface area contributed by atoms with Crippen LogP contribution in [-0.4, -0.2) is 37.2 Å². The summed E-state index contributed by atoms with van der Waals surface area (Å²) in [5, 5.41) is 0. The van der Waals surface area contributed by atoms with E-state index in [1.807, 2.05) is 0 Å². The van der Waals surface area contributed by atoms with Crippen LogP contribution in [0.2, 0.25) is 0 Å². The molecule has 0 aliphatic heterocycles. The lowest BCUT2D eigenvalue weighted by Gasteiger charge is -2.18. The fourth-order valence-electron chi connectivity index (χ4n) is 10.7. The summed E-state index contributed by atoms with van der Waals surface area (Å²) in [6, 6.07) is 0. The van der Waals surface area contributed by atoms with Gasteiger partial charge >= 0.3 is 17.9 Å². The lowest BCUT2D eigenvalue weighted by molar-refractivity contribution is -0.167. The molecule has 0 amide bonds. The minimum Gasteiger partial charge on any atom is -0.462 e. The Bertz CT molecular complexity index is 1380. The summed E-state index contributed by atoms with van der Waals surface area (Å²) >= 11 is 0. The number of esters is 3.